The fourth-order valence-electron chi connectivity index (χ4n) is 4.45. The van der Waals surface area contributed by atoms with Gasteiger partial charge in [0.25, 0.3) is 0 Å². The number of nitrogens with zero attached hydrogens (tertiary/aromatic N) is 5. The van der Waals surface area contributed by atoms with Crippen LogP contribution in [0.1, 0.15) is 67.9 Å². The van der Waals surface area contributed by atoms with Gasteiger partial charge in [-0.1, -0.05) is 49.6 Å². The number of methoxy groups -OCH3 is 1. The summed E-state index contributed by atoms with van der Waals surface area (Å²) in [6, 6.07) is 5.29. The Bertz CT molecular complexity index is 1480. The minimum absolute atomic E-state index is 0.0574. The number of carbonyl (C=O) groups is 2. The molecule has 11 nitrogen and oxygen atoms in total. The van der Waals surface area contributed by atoms with Gasteiger partial charge in [0.2, 0.25) is 0 Å². The number of H-pyrrole nitrogens is 1. The van der Waals surface area contributed by atoms with Crippen LogP contribution in [0.4, 0.5) is 4.79 Å². The number of amides is 1. The lowest BCUT2D eigenvalue weighted by Crippen LogP contribution is -2.20. The second kappa shape index (κ2) is 14.9. The second-order valence-corrected chi connectivity index (χ2v) is 10.3. The van der Waals surface area contributed by atoms with Crippen LogP contribution in [0.25, 0.3) is 11.8 Å². The summed E-state index contributed by atoms with van der Waals surface area (Å²) < 4.78 is 6.12. The molecule has 220 valence electrons. The van der Waals surface area contributed by atoms with Crippen molar-refractivity contribution in [1.82, 2.24) is 40.8 Å². The van der Waals surface area contributed by atoms with E-state index >= 15 is 0 Å². The summed E-state index contributed by atoms with van der Waals surface area (Å²) in [6.07, 6.45) is 15.8. The molecular weight excluding hydrogens is 556 g/mol. The van der Waals surface area contributed by atoms with Crippen molar-refractivity contribution in [3.05, 3.63) is 95.1 Å². The lowest BCUT2D eigenvalue weighted by molar-refractivity contribution is -0.110. The van der Waals surface area contributed by atoms with E-state index in [1.54, 1.807) is 36.6 Å². The van der Waals surface area contributed by atoms with Crippen molar-refractivity contribution in [2.24, 2.45) is 0 Å². The molecule has 0 spiro atoms. The highest BCUT2D eigenvalue weighted by Crippen LogP contribution is 2.46. The van der Waals surface area contributed by atoms with Gasteiger partial charge in [-0.15, -0.1) is 5.10 Å². The van der Waals surface area contributed by atoms with Gasteiger partial charge in [0.05, 0.1) is 12.8 Å². The topological polar surface area (TPSA) is 140 Å². The Kier molecular flexibility index (Phi) is 10.8. The number of allylic oxidation sites excluding steroid dienone is 5. The van der Waals surface area contributed by atoms with Gasteiger partial charge in [0, 0.05) is 52.8 Å². The minimum Gasteiger partial charge on any atom is -0.453 e. The zero-order chi connectivity index (χ0) is 29.9. The van der Waals surface area contributed by atoms with E-state index in [9.17, 15) is 9.59 Å². The normalized spacial score (nSPS) is 16.2. The molecular formula is C30H35ClN8O3. The molecule has 0 bridgehead atoms. The van der Waals surface area contributed by atoms with Crippen molar-refractivity contribution >= 4 is 29.6 Å². The maximum absolute atomic E-state index is 12.8. The van der Waals surface area contributed by atoms with E-state index in [2.05, 4.69) is 54.4 Å². The Labute approximate surface area is 249 Å². The predicted molar refractivity (Wildman–Crippen MR) is 161 cm³/mol. The number of halogens is 1. The summed E-state index contributed by atoms with van der Waals surface area (Å²) in [7, 11) is 1.32. The molecule has 0 aliphatic heterocycles. The number of tetrazole rings is 1. The maximum atomic E-state index is 12.8. The maximum Gasteiger partial charge on any atom is 0.410 e. The van der Waals surface area contributed by atoms with Gasteiger partial charge in [-0.3, -0.25) is 10.1 Å². The first kappa shape index (κ1) is 30.4. The molecule has 0 saturated heterocycles. The Hall–Kier alpha value is -4.51. The van der Waals surface area contributed by atoms with Crippen LogP contribution in [0, 0.1) is 0 Å². The van der Waals surface area contributed by atoms with Gasteiger partial charge in [0.1, 0.15) is 12.2 Å². The predicted octanol–water partition coefficient (Wildman–Crippen LogP) is 5.37. The molecule has 1 unspecified atom stereocenters. The minimum atomic E-state index is -0.527. The van der Waals surface area contributed by atoms with E-state index in [1.165, 1.54) is 24.2 Å². The number of carbonyl (C=O) groups excluding carboxylic acids is 2. The summed E-state index contributed by atoms with van der Waals surface area (Å²) >= 11 is 6.17. The molecule has 1 saturated carbocycles. The Morgan fingerprint density at radius 3 is 2.95 bits per heavy atom. The van der Waals surface area contributed by atoms with Crippen LogP contribution < -0.4 is 10.6 Å². The smallest absolute Gasteiger partial charge is 0.410 e. The van der Waals surface area contributed by atoms with Gasteiger partial charge < -0.3 is 15.0 Å². The Balaban J connectivity index is 1.41. The van der Waals surface area contributed by atoms with E-state index in [4.69, 9.17) is 11.6 Å². The van der Waals surface area contributed by atoms with Crippen molar-refractivity contribution in [2.45, 2.75) is 50.9 Å². The van der Waals surface area contributed by atoms with Crippen LogP contribution in [0.3, 0.4) is 0 Å². The lowest BCUT2D eigenvalue weighted by Gasteiger charge is -2.18. The molecule has 1 amide bonds. The van der Waals surface area contributed by atoms with Gasteiger partial charge in [0.15, 0.2) is 5.78 Å². The number of hydrogen-bond acceptors (Lipinski definition) is 8. The van der Waals surface area contributed by atoms with Crippen LogP contribution in [0.5, 0.6) is 0 Å². The number of ketones is 1. The van der Waals surface area contributed by atoms with Crippen LogP contribution in [0.15, 0.2) is 73.0 Å². The summed E-state index contributed by atoms with van der Waals surface area (Å²) in [5.74, 6) is 0.658. The molecule has 3 aromatic rings. The average Bonchev–Trinajstić information content (AvgIpc) is 3.33. The third kappa shape index (κ3) is 8.50. The number of alkyl carbamates (subject to hydrolysis) is 1. The molecule has 1 fully saturated rings. The van der Waals surface area contributed by atoms with Gasteiger partial charge in [-0.05, 0) is 66.1 Å². The molecule has 42 heavy (non-hydrogen) atoms. The first-order valence-corrected chi connectivity index (χ1v) is 14.2. The van der Waals surface area contributed by atoms with Crippen LogP contribution in [-0.2, 0) is 9.53 Å². The Morgan fingerprint density at radius 1 is 1.33 bits per heavy atom. The first-order chi connectivity index (χ1) is 20.4. The van der Waals surface area contributed by atoms with Crippen molar-refractivity contribution in [1.29, 1.82) is 0 Å². The summed E-state index contributed by atoms with van der Waals surface area (Å²) in [4.78, 5) is 32.2. The third-order valence-corrected chi connectivity index (χ3v) is 7.05. The number of rotatable bonds is 15. The molecule has 12 heteroatoms. The highest BCUT2D eigenvalue weighted by atomic mass is 35.5. The highest BCUT2D eigenvalue weighted by Gasteiger charge is 2.34. The SMILES string of the molecule is C=C(NCCCCC)C(C/C=C/NC(=O)OC)c1cnc([C@H]2C/C2=C/C(=O)/C=C/c2cc(Cl)ccc2-n2cnnn2)[nH]1. The largest absolute Gasteiger partial charge is 0.453 e. The number of ether oxygens (including phenoxy) is 1. The van der Waals surface area contributed by atoms with E-state index < -0.39 is 6.09 Å². The number of unbranched alkanes of at least 4 members (excludes halogenated alkanes) is 2. The molecule has 3 N–H and O–H groups in total. The standard InChI is InChI=1S/C30H35ClN8O3/c1-4-5-6-13-32-20(2)25(8-7-14-33-30(41)42-3)27-18-34-29(36-27)26-17-22(26)16-24(40)11-9-21-15-23(31)10-12-28(21)39-19-35-37-38-39/h7,9-12,14-16,18-19,25-26,32H,2,4-6,8,13,17H2,1,3H3,(H,33,41)(H,34,36)/b11-9+,14-7+,22-16-/t25?,26-/m0/s1. The number of nitrogens with one attached hydrogen (secondary N) is 3. The Morgan fingerprint density at radius 2 is 2.19 bits per heavy atom. The van der Waals surface area contributed by atoms with Crippen molar-refractivity contribution in [2.75, 3.05) is 13.7 Å². The summed E-state index contributed by atoms with van der Waals surface area (Å²) in [6.45, 7) is 7.27. The second-order valence-electron chi connectivity index (χ2n) is 9.88. The molecule has 0 radical (unpaired) electrons. The zero-order valence-corrected chi connectivity index (χ0v) is 24.5. The average molecular weight is 591 g/mol. The van der Waals surface area contributed by atoms with Crippen LogP contribution >= 0.6 is 11.6 Å². The van der Waals surface area contributed by atoms with Gasteiger partial charge >= 0.3 is 6.09 Å². The molecule has 1 aromatic carbocycles. The summed E-state index contributed by atoms with van der Waals surface area (Å²) in [5.41, 5.74) is 4.22. The zero-order valence-electron chi connectivity index (χ0n) is 23.7. The van der Waals surface area contributed by atoms with Crippen molar-refractivity contribution < 1.29 is 14.3 Å². The fourth-order valence-corrected chi connectivity index (χ4v) is 4.63. The molecule has 2 heterocycles. The first-order valence-electron chi connectivity index (χ1n) is 13.8. The quantitative estimate of drug-likeness (QED) is 0.158. The number of hydrogen-bond donors (Lipinski definition) is 3. The van der Waals surface area contributed by atoms with Crippen LogP contribution in [0.2, 0.25) is 5.02 Å². The van der Waals surface area contributed by atoms with Crippen LogP contribution in [-0.4, -0.2) is 55.7 Å². The number of benzene rings is 1. The lowest BCUT2D eigenvalue weighted by atomic mass is 9.98. The monoisotopic (exact) mass is 590 g/mol. The van der Waals surface area contributed by atoms with E-state index in [-0.39, 0.29) is 17.6 Å². The molecule has 1 aliphatic rings. The van der Waals surface area contributed by atoms with Gasteiger partial charge in [-0.25, -0.2) is 9.78 Å². The van der Waals surface area contributed by atoms with Crippen molar-refractivity contribution in [3.8, 4) is 5.69 Å². The van der Waals surface area contributed by atoms with E-state index in [1.807, 2.05) is 12.3 Å². The summed E-state index contributed by atoms with van der Waals surface area (Å²) in [5, 5.41) is 17.8. The molecule has 4 rings (SSSR count). The van der Waals surface area contributed by atoms with Crippen molar-refractivity contribution in [3.63, 3.8) is 0 Å². The molecule has 1 aliphatic carbocycles. The fraction of sp³-hybridized carbons (Fsp3) is 0.333. The van der Waals surface area contributed by atoms with E-state index in [0.29, 0.717) is 17.1 Å². The highest BCUT2D eigenvalue weighted by molar-refractivity contribution is 6.30. The molecule has 2 aromatic heterocycles. The van der Waals surface area contributed by atoms with Gasteiger partial charge in [-0.2, -0.15) is 4.68 Å². The molecule has 2 atom stereocenters. The number of imidazole rings is 1. The van der Waals surface area contributed by atoms with E-state index in [0.717, 1.165) is 60.6 Å². The number of aromatic amines is 1. The third-order valence-electron chi connectivity index (χ3n) is 6.82. The number of aromatic nitrogens is 6.